The van der Waals surface area contributed by atoms with Crippen LogP contribution in [0.2, 0.25) is 0 Å². The van der Waals surface area contributed by atoms with Crippen molar-refractivity contribution in [1.82, 2.24) is 33.6 Å². The average molecular weight is 781 g/mol. The molecule has 0 spiro atoms. The largest absolute Gasteiger partial charge is 0.457 e. The highest BCUT2D eigenvalue weighted by Gasteiger charge is 2.19. The summed E-state index contributed by atoms with van der Waals surface area (Å²) in [5, 5.41) is 5.92. The fourth-order valence-corrected chi connectivity index (χ4v) is 8.45. The van der Waals surface area contributed by atoms with Gasteiger partial charge in [0.1, 0.15) is 34.6 Å². The van der Waals surface area contributed by atoms with Gasteiger partial charge in [0.05, 0.1) is 35.8 Å². The molecule has 284 valence electrons. The van der Waals surface area contributed by atoms with Crippen molar-refractivity contribution in [2.45, 2.75) is 6.85 Å². The first-order valence-electron chi connectivity index (χ1n) is 21.9. The van der Waals surface area contributed by atoms with Gasteiger partial charge >= 0.3 is 0 Å². The van der Waals surface area contributed by atoms with Gasteiger partial charge in [-0.1, -0.05) is 48.5 Å². The highest BCUT2D eigenvalue weighted by molar-refractivity contribution is 6.11. The molecule has 9 nitrogen and oxygen atoms in total. The summed E-state index contributed by atoms with van der Waals surface area (Å²) in [5.41, 5.74) is 4.60. The second-order valence-electron chi connectivity index (χ2n) is 14.5. The van der Waals surface area contributed by atoms with E-state index in [1.807, 2.05) is 133 Å². The minimum atomic E-state index is -2.75. The Morgan fingerprint density at radius 1 is 0.400 bits per heavy atom. The number of para-hydroxylation sites is 2. The molecule has 0 saturated carbocycles. The standard InChI is InChI=1S/C51H33N7O2/c1-32-30-54-51(55-31-32)58-47-28-35(59-33-16-20-39-37-10-2-4-12-43(37)56(45(39)26-33)49-14-6-8-24-52-49)18-22-41(47)42-23-19-36(29-48(42)58)60-34-17-21-40-38-11-3-5-13-44(38)57(46(40)27-34)50-15-7-9-25-53-50/h2-31H,1H3/i1D3,30D,31D. The number of hydrogen-bond acceptors (Lipinski definition) is 6. The van der Waals surface area contributed by atoms with Gasteiger partial charge in [-0.05, 0) is 97.3 Å². The van der Waals surface area contributed by atoms with Crippen molar-refractivity contribution < 1.29 is 16.3 Å². The van der Waals surface area contributed by atoms with E-state index in [2.05, 4.69) is 53.3 Å². The third-order valence-electron chi connectivity index (χ3n) is 11.0. The zero-order valence-corrected chi connectivity index (χ0v) is 31.6. The first-order valence-corrected chi connectivity index (χ1v) is 19.4. The molecule has 0 N–H and O–H groups in total. The van der Waals surface area contributed by atoms with Crippen molar-refractivity contribution in [2.75, 3.05) is 0 Å². The minimum Gasteiger partial charge on any atom is -0.457 e. The number of nitrogens with zero attached hydrogens (tertiary/aromatic N) is 7. The van der Waals surface area contributed by atoms with Crippen LogP contribution in [-0.2, 0) is 0 Å². The molecule has 0 unspecified atom stereocenters. The van der Waals surface area contributed by atoms with Crippen LogP contribution in [0.25, 0.3) is 83.0 Å². The van der Waals surface area contributed by atoms with Gasteiger partial charge in [0.15, 0.2) is 0 Å². The Hall–Kier alpha value is -8.30. The molecule has 0 aliphatic carbocycles. The number of rotatable bonds is 7. The molecule has 0 saturated heterocycles. The maximum Gasteiger partial charge on any atom is 0.234 e. The summed E-state index contributed by atoms with van der Waals surface area (Å²) < 4.78 is 60.5. The molecule has 6 aromatic heterocycles. The molecule has 6 heterocycles. The van der Waals surface area contributed by atoms with Gasteiger partial charge in [-0.3, -0.25) is 13.7 Å². The second kappa shape index (κ2) is 13.4. The van der Waals surface area contributed by atoms with Crippen LogP contribution in [0, 0.1) is 6.85 Å². The monoisotopic (exact) mass is 780 g/mol. The third kappa shape index (κ3) is 5.40. The molecule has 0 amide bonds. The predicted octanol–water partition coefficient (Wildman–Crippen LogP) is 12.5. The van der Waals surface area contributed by atoms with Gasteiger partial charge < -0.3 is 9.47 Å². The fraction of sp³-hybridized carbons (Fsp3) is 0.0196. The minimum absolute atomic E-state index is 0.0371. The Morgan fingerprint density at radius 2 is 0.783 bits per heavy atom. The molecule has 9 heteroatoms. The Kier molecular flexibility index (Phi) is 6.47. The van der Waals surface area contributed by atoms with E-state index in [9.17, 15) is 0 Å². The van der Waals surface area contributed by atoms with Crippen molar-refractivity contribution in [3.63, 3.8) is 0 Å². The molecule has 60 heavy (non-hydrogen) atoms. The Morgan fingerprint density at radius 3 is 1.18 bits per heavy atom. The maximum absolute atomic E-state index is 8.67. The summed E-state index contributed by atoms with van der Waals surface area (Å²) in [5.74, 6) is 3.72. The quantitative estimate of drug-likeness (QED) is 0.160. The van der Waals surface area contributed by atoms with Crippen LogP contribution in [0.3, 0.4) is 0 Å². The number of benzene rings is 6. The lowest BCUT2D eigenvalue weighted by Crippen LogP contribution is -2.01. The summed E-state index contributed by atoms with van der Waals surface area (Å²) in [7, 11) is 0. The lowest BCUT2D eigenvalue weighted by Gasteiger charge is -2.11. The molecule has 12 rings (SSSR count). The van der Waals surface area contributed by atoms with Gasteiger partial charge in [0, 0.05) is 85.4 Å². The van der Waals surface area contributed by atoms with E-state index in [1.165, 1.54) is 0 Å². The number of hydrogen-bond donors (Lipinski definition) is 0. The molecular weight excluding hydrogens is 743 g/mol. The van der Waals surface area contributed by atoms with Crippen molar-refractivity contribution in [3.05, 3.63) is 188 Å². The van der Waals surface area contributed by atoms with Crippen molar-refractivity contribution in [3.8, 4) is 40.6 Å². The van der Waals surface area contributed by atoms with Crippen molar-refractivity contribution in [1.29, 1.82) is 0 Å². The number of pyridine rings is 2. The number of aromatic nitrogens is 7. The van der Waals surface area contributed by atoms with Crippen LogP contribution in [-0.4, -0.2) is 33.6 Å². The summed E-state index contributed by atoms with van der Waals surface area (Å²) in [6, 6.07) is 51.4. The molecule has 12 aromatic rings. The zero-order valence-electron chi connectivity index (χ0n) is 36.6. The summed E-state index contributed by atoms with van der Waals surface area (Å²) >= 11 is 0. The Balaban J connectivity index is 0.993. The topological polar surface area (TPSA) is 84.8 Å². The predicted molar refractivity (Wildman–Crippen MR) is 238 cm³/mol. The van der Waals surface area contributed by atoms with Crippen LogP contribution >= 0.6 is 0 Å². The van der Waals surface area contributed by atoms with Crippen LogP contribution < -0.4 is 9.47 Å². The van der Waals surface area contributed by atoms with Crippen LogP contribution in [0.1, 0.15) is 12.4 Å². The molecule has 0 atom stereocenters. The van der Waals surface area contributed by atoms with Crippen LogP contribution in [0.15, 0.2) is 182 Å². The summed E-state index contributed by atoms with van der Waals surface area (Å²) in [6.07, 6.45) is 2.44. The molecule has 0 bridgehead atoms. The molecule has 0 radical (unpaired) electrons. The Labute approximate surface area is 350 Å². The van der Waals surface area contributed by atoms with Crippen molar-refractivity contribution in [2.24, 2.45) is 0 Å². The van der Waals surface area contributed by atoms with Gasteiger partial charge in [-0.2, -0.15) is 0 Å². The highest BCUT2D eigenvalue weighted by atomic mass is 16.5. The number of fused-ring (bicyclic) bond motifs is 9. The summed E-state index contributed by atoms with van der Waals surface area (Å²) in [6.45, 7) is -2.75. The van der Waals surface area contributed by atoms with E-state index < -0.39 is 24.8 Å². The Bertz CT molecular complexity index is 3630. The van der Waals surface area contributed by atoms with Gasteiger partial charge in [-0.25, -0.2) is 19.9 Å². The zero-order chi connectivity index (χ0) is 44.0. The molecular formula is C51H33N7O2. The average Bonchev–Trinajstić information content (AvgIpc) is 3.93. The molecule has 0 aliphatic rings. The lowest BCUT2D eigenvalue weighted by molar-refractivity contribution is 0.484. The summed E-state index contributed by atoms with van der Waals surface area (Å²) in [4.78, 5) is 18.1. The molecule has 0 fully saturated rings. The maximum atomic E-state index is 8.67. The SMILES string of the molecule is [2H]c1nc(-n2c3cc(Oc4ccc5c6ccccc6n(-c6ccccn6)c5c4)ccc3c3ccc(Oc4ccc5c6ccccc6n(-c6ccccn6)c5c4)cc32)nc([2H])c1C([2H])([2H])[2H]. The van der Waals surface area contributed by atoms with Crippen molar-refractivity contribution >= 4 is 65.4 Å². The lowest BCUT2D eigenvalue weighted by atomic mass is 10.1. The first kappa shape index (κ1) is 29.0. The number of ether oxygens (including phenoxy) is 2. The van der Waals surface area contributed by atoms with Gasteiger partial charge in [-0.15, -0.1) is 0 Å². The van der Waals surface area contributed by atoms with Crippen LogP contribution in [0.4, 0.5) is 0 Å². The molecule has 0 aliphatic heterocycles. The van der Waals surface area contributed by atoms with Crippen LogP contribution in [0.5, 0.6) is 23.0 Å². The third-order valence-corrected chi connectivity index (χ3v) is 11.0. The van der Waals surface area contributed by atoms with Gasteiger partial charge in [0.25, 0.3) is 0 Å². The molecule has 6 aromatic carbocycles. The van der Waals surface area contributed by atoms with E-state index >= 15 is 0 Å². The van der Waals surface area contributed by atoms with E-state index in [0.29, 0.717) is 34.0 Å². The van der Waals surface area contributed by atoms with E-state index in [1.54, 1.807) is 17.0 Å². The second-order valence-corrected chi connectivity index (χ2v) is 14.5. The first-order chi connectivity index (χ1) is 31.7. The van der Waals surface area contributed by atoms with E-state index in [4.69, 9.17) is 16.3 Å². The van der Waals surface area contributed by atoms with Gasteiger partial charge in [0.2, 0.25) is 5.95 Å². The normalized spacial score (nSPS) is 13.2. The highest BCUT2D eigenvalue weighted by Crippen LogP contribution is 2.40. The fourth-order valence-electron chi connectivity index (χ4n) is 8.45. The van der Waals surface area contributed by atoms with E-state index in [-0.39, 0.29) is 5.95 Å². The van der Waals surface area contributed by atoms with E-state index in [0.717, 1.165) is 66.0 Å². The smallest absolute Gasteiger partial charge is 0.234 e.